The molecule has 4 atom stereocenters. The lowest BCUT2D eigenvalue weighted by atomic mass is 9.78. The highest BCUT2D eigenvalue weighted by atomic mass is 16.5. The maximum atomic E-state index is 12.2. The molecule has 6 heteroatoms. The van der Waals surface area contributed by atoms with E-state index in [-0.39, 0.29) is 17.8 Å². The van der Waals surface area contributed by atoms with Crippen molar-refractivity contribution in [3.8, 4) is 0 Å². The Labute approximate surface area is 136 Å². The molecule has 2 aliphatic rings. The fourth-order valence-electron chi connectivity index (χ4n) is 3.59. The second-order valence-corrected chi connectivity index (χ2v) is 6.04. The van der Waals surface area contributed by atoms with Crippen molar-refractivity contribution >= 4 is 11.9 Å². The molecular formula is C17H24O6. The van der Waals surface area contributed by atoms with Crippen LogP contribution in [-0.4, -0.2) is 45.5 Å². The third-order valence-electron chi connectivity index (χ3n) is 4.90. The molecule has 1 saturated carbocycles. The summed E-state index contributed by atoms with van der Waals surface area (Å²) in [4.78, 5) is 23.8. The number of fused-ring (bicyclic) bond motifs is 1. The molecule has 0 unspecified atom stereocenters. The standard InChI is InChI=1S/C17H24O6/c1-6-23-14(18)7-8-17(22-5)11-9-13(20-3)16(2,10-12(11)17)15(19)21-4/h7-9,11-12H,6,10H2,1-5H3/b8-7+/t11-,12+,16+,17-/m1/s1. The summed E-state index contributed by atoms with van der Waals surface area (Å²) in [5.74, 6) is -0.0179. The van der Waals surface area contributed by atoms with Crippen LogP contribution in [0, 0.1) is 17.3 Å². The van der Waals surface area contributed by atoms with Gasteiger partial charge in [0.25, 0.3) is 0 Å². The zero-order valence-corrected chi connectivity index (χ0v) is 14.3. The second-order valence-electron chi connectivity index (χ2n) is 6.04. The van der Waals surface area contributed by atoms with Crippen LogP contribution in [0.1, 0.15) is 20.3 Å². The predicted molar refractivity (Wildman–Crippen MR) is 82.3 cm³/mol. The summed E-state index contributed by atoms with van der Waals surface area (Å²) in [5, 5.41) is 0. The Balaban J connectivity index is 2.26. The first-order valence-electron chi connectivity index (χ1n) is 7.65. The number of hydrogen-bond acceptors (Lipinski definition) is 6. The van der Waals surface area contributed by atoms with E-state index in [1.807, 2.05) is 6.08 Å². The maximum Gasteiger partial charge on any atom is 0.330 e. The van der Waals surface area contributed by atoms with E-state index in [1.54, 1.807) is 34.1 Å². The van der Waals surface area contributed by atoms with Crippen LogP contribution >= 0.6 is 0 Å². The lowest BCUT2D eigenvalue weighted by Gasteiger charge is -2.30. The van der Waals surface area contributed by atoms with Gasteiger partial charge < -0.3 is 18.9 Å². The third kappa shape index (κ3) is 2.76. The van der Waals surface area contributed by atoms with Gasteiger partial charge in [0.15, 0.2) is 0 Å². The smallest absolute Gasteiger partial charge is 0.330 e. The highest BCUT2D eigenvalue weighted by Gasteiger charge is 2.68. The van der Waals surface area contributed by atoms with E-state index in [0.717, 1.165) is 0 Å². The van der Waals surface area contributed by atoms with Gasteiger partial charge in [0, 0.05) is 25.0 Å². The molecule has 0 aromatic rings. The Bertz CT molecular complexity index is 551. The van der Waals surface area contributed by atoms with E-state index in [9.17, 15) is 9.59 Å². The van der Waals surface area contributed by atoms with Crippen molar-refractivity contribution in [2.24, 2.45) is 17.3 Å². The second kappa shape index (κ2) is 6.35. The normalized spacial score (nSPS) is 35.3. The minimum Gasteiger partial charge on any atom is -0.500 e. The first-order chi connectivity index (χ1) is 10.9. The zero-order chi connectivity index (χ0) is 17.3. The maximum absolute atomic E-state index is 12.2. The van der Waals surface area contributed by atoms with E-state index in [0.29, 0.717) is 18.8 Å². The fourth-order valence-corrected chi connectivity index (χ4v) is 3.59. The van der Waals surface area contributed by atoms with Crippen LogP contribution in [0.4, 0.5) is 0 Å². The van der Waals surface area contributed by atoms with Crippen LogP contribution in [-0.2, 0) is 28.5 Å². The van der Waals surface area contributed by atoms with Crippen molar-refractivity contribution in [3.05, 3.63) is 24.0 Å². The monoisotopic (exact) mass is 324 g/mol. The van der Waals surface area contributed by atoms with Gasteiger partial charge >= 0.3 is 11.9 Å². The van der Waals surface area contributed by atoms with Gasteiger partial charge in [-0.25, -0.2) is 4.79 Å². The van der Waals surface area contributed by atoms with Crippen molar-refractivity contribution in [1.29, 1.82) is 0 Å². The Hall–Kier alpha value is -1.82. The van der Waals surface area contributed by atoms with Gasteiger partial charge in [-0.05, 0) is 32.4 Å². The molecule has 0 aromatic carbocycles. The number of carbonyl (C=O) groups is 2. The van der Waals surface area contributed by atoms with E-state index < -0.39 is 17.0 Å². The fraction of sp³-hybridized carbons (Fsp3) is 0.647. The van der Waals surface area contributed by atoms with Crippen molar-refractivity contribution in [3.63, 3.8) is 0 Å². The van der Waals surface area contributed by atoms with Gasteiger partial charge in [0.2, 0.25) is 0 Å². The summed E-state index contributed by atoms with van der Waals surface area (Å²) in [6.07, 6.45) is 5.56. The summed E-state index contributed by atoms with van der Waals surface area (Å²) in [6.45, 7) is 3.88. The average Bonchev–Trinajstić information content (AvgIpc) is 3.17. The molecule has 23 heavy (non-hydrogen) atoms. The number of ether oxygens (including phenoxy) is 4. The van der Waals surface area contributed by atoms with Crippen LogP contribution in [0.5, 0.6) is 0 Å². The molecule has 0 radical (unpaired) electrons. The van der Waals surface area contributed by atoms with Crippen molar-refractivity contribution < 1.29 is 28.5 Å². The SMILES string of the molecule is CCOC(=O)/C=C/[C@@]1(OC)[C@@H]2C=C(OC)[C@@](C)(C(=O)OC)C[C@@H]21. The van der Waals surface area contributed by atoms with E-state index >= 15 is 0 Å². The molecule has 0 saturated heterocycles. The van der Waals surface area contributed by atoms with Gasteiger partial charge in [0.1, 0.15) is 11.2 Å². The van der Waals surface area contributed by atoms with Gasteiger partial charge in [0.05, 0.1) is 26.4 Å². The first kappa shape index (κ1) is 17.5. The summed E-state index contributed by atoms with van der Waals surface area (Å²) in [5.41, 5.74) is -1.45. The summed E-state index contributed by atoms with van der Waals surface area (Å²) < 4.78 is 20.9. The van der Waals surface area contributed by atoms with Crippen molar-refractivity contribution in [1.82, 2.24) is 0 Å². The molecule has 0 N–H and O–H groups in total. The topological polar surface area (TPSA) is 71.1 Å². The molecule has 128 valence electrons. The molecular weight excluding hydrogens is 300 g/mol. The summed E-state index contributed by atoms with van der Waals surface area (Å²) in [7, 11) is 4.51. The minimum atomic E-state index is -0.845. The lowest BCUT2D eigenvalue weighted by molar-refractivity contribution is -0.152. The molecule has 2 aliphatic carbocycles. The van der Waals surface area contributed by atoms with E-state index in [2.05, 4.69) is 0 Å². The average molecular weight is 324 g/mol. The molecule has 0 aliphatic heterocycles. The van der Waals surface area contributed by atoms with Crippen LogP contribution in [0.15, 0.2) is 24.0 Å². The van der Waals surface area contributed by atoms with Crippen LogP contribution < -0.4 is 0 Å². The molecule has 0 bridgehead atoms. The molecule has 0 amide bonds. The van der Waals surface area contributed by atoms with E-state index in [1.165, 1.54) is 13.2 Å². The highest BCUT2D eigenvalue weighted by Crippen LogP contribution is 2.64. The number of carbonyl (C=O) groups excluding carboxylic acids is 2. The summed E-state index contributed by atoms with van der Waals surface area (Å²) >= 11 is 0. The van der Waals surface area contributed by atoms with Gasteiger partial charge in [-0.1, -0.05) is 0 Å². The number of rotatable bonds is 6. The van der Waals surface area contributed by atoms with Gasteiger partial charge in [-0.3, -0.25) is 4.79 Å². The van der Waals surface area contributed by atoms with Crippen LogP contribution in [0.25, 0.3) is 0 Å². The van der Waals surface area contributed by atoms with Gasteiger partial charge in [-0.2, -0.15) is 0 Å². The van der Waals surface area contributed by atoms with Gasteiger partial charge in [-0.15, -0.1) is 0 Å². The minimum absolute atomic E-state index is 0.0610. The van der Waals surface area contributed by atoms with E-state index in [4.69, 9.17) is 18.9 Å². The number of esters is 2. The number of hydrogen-bond donors (Lipinski definition) is 0. The van der Waals surface area contributed by atoms with Crippen LogP contribution in [0.3, 0.4) is 0 Å². The molecule has 2 rings (SSSR count). The van der Waals surface area contributed by atoms with Crippen molar-refractivity contribution in [2.45, 2.75) is 25.9 Å². The zero-order valence-electron chi connectivity index (χ0n) is 14.3. The summed E-state index contributed by atoms with van der Waals surface area (Å²) in [6, 6.07) is 0. The first-order valence-corrected chi connectivity index (χ1v) is 7.65. The molecule has 1 fully saturated rings. The Morgan fingerprint density at radius 2 is 2.04 bits per heavy atom. The Kier molecular flexibility index (Phi) is 4.84. The Morgan fingerprint density at radius 3 is 2.57 bits per heavy atom. The largest absolute Gasteiger partial charge is 0.500 e. The lowest BCUT2D eigenvalue weighted by Crippen LogP contribution is -2.34. The quantitative estimate of drug-likeness (QED) is 0.548. The number of methoxy groups -OCH3 is 3. The highest BCUT2D eigenvalue weighted by molar-refractivity contribution is 5.83. The Morgan fingerprint density at radius 1 is 1.35 bits per heavy atom. The van der Waals surface area contributed by atoms with Crippen LogP contribution in [0.2, 0.25) is 0 Å². The predicted octanol–water partition coefficient (Wildman–Crippen LogP) is 1.85. The van der Waals surface area contributed by atoms with Crippen molar-refractivity contribution in [2.75, 3.05) is 27.9 Å². The molecule has 0 spiro atoms. The molecule has 6 nitrogen and oxygen atoms in total. The molecule has 0 heterocycles. The molecule has 0 aromatic heterocycles. The third-order valence-corrected chi connectivity index (χ3v) is 4.90.